The summed E-state index contributed by atoms with van der Waals surface area (Å²) in [6.45, 7) is 0. The molecular weight excluding hydrogens is 177 g/mol. The van der Waals surface area contributed by atoms with Crippen molar-refractivity contribution in [3.8, 4) is 0 Å². The number of rotatable bonds is 2. The van der Waals surface area contributed by atoms with Crippen molar-refractivity contribution in [2.45, 2.75) is 31.2 Å². The maximum absolute atomic E-state index is 12.8. The fraction of sp³-hybridized carbons (Fsp3) is 0.500. The highest BCUT2D eigenvalue weighted by molar-refractivity contribution is 5.26. The molecular formula is C12H16FN. The van der Waals surface area contributed by atoms with Crippen LogP contribution < -0.4 is 5.32 Å². The zero-order chi connectivity index (χ0) is 10.0. The number of hydrogen-bond donors (Lipinski definition) is 1. The normalized spacial score (nSPS) is 19.9. The molecule has 2 rings (SSSR count). The van der Waals surface area contributed by atoms with Crippen LogP contribution in [0, 0.1) is 5.82 Å². The van der Waals surface area contributed by atoms with Gasteiger partial charge in [0.2, 0.25) is 0 Å². The van der Waals surface area contributed by atoms with Gasteiger partial charge in [-0.15, -0.1) is 0 Å². The predicted molar refractivity (Wildman–Crippen MR) is 55.6 cm³/mol. The third-order valence-electron chi connectivity index (χ3n) is 3.33. The molecule has 0 bridgehead atoms. The van der Waals surface area contributed by atoms with Crippen LogP contribution >= 0.6 is 0 Å². The number of halogens is 1. The number of nitrogens with one attached hydrogen (secondary N) is 1. The molecule has 0 spiro atoms. The topological polar surface area (TPSA) is 12.0 Å². The SMILES string of the molecule is CNC1(c2ccc(F)cc2)CCCC1. The Kier molecular flexibility index (Phi) is 2.55. The molecule has 1 aromatic rings. The zero-order valence-electron chi connectivity index (χ0n) is 8.52. The summed E-state index contributed by atoms with van der Waals surface area (Å²) in [6, 6.07) is 6.90. The maximum Gasteiger partial charge on any atom is 0.123 e. The van der Waals surface area contributed by atoms with Crippen LogP contribution in [0.25, 0.3) is 0 Å². The van der Waals surface area contributed by atoms with Crippen molar-refractivity contribution >= 4 is 0 Å². The highest BCUT2D eigenvalue weighted by Gasteiger charge is 2.33. The fourth-order valence-electron chi connectivity index (χ4n) is 2.43. The predicted octanol–water partition coefficient (Wildman–Crippen LogP) is 2.81. The molecule has 1 saturated carbocycles. The summed E-state index contributed by atoms with van der Waals surface area (Å²) >= 11 is 0. The summed E-state index contributed by atoms with van der Waals surface area (Å²) < 4.78 is 12.8. The average Bonchev–Trinajstić information content (AvgIpc) is 2.68. The second-order valence-electron chi connectivity index (χ2n) is 4.05. The first-order chi connectivity index (χ1) is 6.77. The van der Waals surface area contributed by atoms with Gasteiger partial charge in [0.05, 0.1) is 0 Å². The van der Waals surface area contributed by atoms with Gasteiger partial charge in [-0.05, 0) is 37.6 Å². The first-order valence-corrected chi connectivity index (χ1v) is 5.22. The van der Waals surface area contributed by atoms with Crippen LogP contribution in [0.5, 0.6) is 0 Å². The van der Waals surface area contributed by atoms with Gasteiger partial charge in [-0.3, -0.25) is 0 Å². The molecule has 0 atom stereocenters. The van der Waals surface area contributed by atoms with Gasteiger partial charge in [0, 0.05) is 5.54 Å². The van der Waals surface area contributed by atoms with E-state index < -0.39 is 0 Å². The van der Waals surface area contributed by atoms with E-state index in [0.717, 1.165) is 12.8 Å². The molecule has 1 aliphatic carbocycles. The molecule has 1 fully saturated rings. The molecule has 1 aromatic carbocycles. The van der Waals surface area contributed by atoms with Crippen molar-refractivity contribution in [1.82, 2.24) is 5.32 Å². The van der Waals surface area contributed by atoms with Crippen LogP contribution in [0.15, 0.2) is 24.3 Å². The highest BCUT2D eigenvalue weighted by Crippen LogP contribution is 2.38. The Labute approximate surface area is 84.3 Å². The Morgan fingerprint density at radius 1 is 1.14 bits per heavy atom. The van der Waals surface area contributed by atoms with Crippen molar-refractivity contribution in [3.05, 3.63) is 35.6 Å². The molecule has 0 aromatic heterocycles. The summed E-state index contributed by atoms with van der Waals surface area (Å²) in [5.41, 5.74) is 1.33. The Morgan fingerprint density at radius 3 is 2.21 bits per heavy atom. The van der Waals surface area contributed by atoms with Gasteiger partial charge in [0.1, 0.15) is 5.82 Å². The summed E-state index contributed by atoms with van der Waals surface area (Å²) in [4.78, 5) is 0. The monoisotopic (exact) mass is 193 g/mol. The largest absolute Gasteiger partial charge is 0.310 e. The van der Waals surface area contributed by atoms with Crippen molar-refractivity contribution < 1.29 is 4.39 Å². The molecule has 0 amide bonds. The number of benzene rings is 1. The number of hydrogen-bond acceptors (Lipinski definition) is 1. The molecule has 1 nitrogen and oxygen atoms in total. The van der Waals surface area contributed by atoms with Gasteiger partial charge >= 0.3 is 0 Å². The van der Waals surface area contributed by atoms with Gasteiger partial charge in [-0.25, -0.2) is 4.39 Å². The summed E-state index contributed by atoms with van der Waals surface area (Å²) in [5.74, 6) is -0.155. The molecule has 1 N–H and O–H groups in total. The first kappa shape index (κ1) is 9.66. The summed E-state index contributed by atoms with van der Waals surface area (Å²) in [5, 5.41) is 3.39. The maximum atomic E-state index is 12.8. The first-order valence-electron chi connectivity index (χ1n) is 5.22. The molecule has 14 heavy (non-hydrogen) atoms. The molecule has 76 valence electrons. The standard InChI is InChI=1S/C12H16FN/c1-14-12(8-2-3-9-12)10-4-6-11(13)7-5-10/h4-7,14H,2-3,8-9H2,1H3. The van der Waals surface area contributed by atoms with E-state index >= 15 is 0 Å². The van der Waals surface area contributed by atoms with Gasteiger partial charge in [0.15, 0.2) is 0 Å². The Morgan fingerprint density at radius 2 is 1.71 bits per heavy atom. The van der Waals surface area contributed by atoms with Gasteiger partial charge in [-0.2, -0.15) is 0 Å². The van der Waals surface area contributed by atoms with E-state index in [1.54, 1.807) is 12.1 Å². The molecule has 0 aliphatic heterocycles. The van der Waals surface area contributed by atoms with E-state index in [0.29, 0.717) is 0 Å². The van der Waals surface area contributed by atoms with Crippen molar-refractivity contribution in [1.29, 1.82) is 0 Å². The van der Waals surface area contributed by atoms with Gasteiger partial charge < -0.3 is 5.32 Å². The van der Waals surface area contributed by atoms with E-state index in [4.69, 9.17) is 0 Å². The average molecular weight is 193 g/mol. The Hall–Kier alpha value is -0.890. The smallest absolute Gasteiger partial charge is 0.123 e. The minimum atomic E-state index is -0.155. The lowest BCUT2D eigenvalue weighted by molar-refractivity contribution is 0.372. The molecule has 1 aliphatic rings. The zero-order valence-corrected chi connectivity index (χ0v) is 8.52. The second kappa shape index (κ2) is 3.70. The lowest BCUT2D eigenvalue weighted by Crippen LogP contribution is -2.36. The second-order valence-corrected chi connectivity index (χ2v) is 4.05. The minimum absolute atomic E-state index is 0.105. The van der Waals surface area contributed by atoms with Crippen molar-refractivity contribution in [3.63, 3.8) is 0 Å². The lowest BCUT2D eigenvalue weighted by Gasteiger charge is -2.29. The van der Waals surface area contributed by atoms with Crippen LogP contribution in [0.1, 0.15) is 31.2 Å². The lowest BCUT2D eigenvalue weighted by atomic mass is 9.88. The van der Waals surface area contributed by atoms with E-state index in [2.05, 4.69) is 5.32 Å². The third kappa shape index (κ3) is 1.55. The quantitative estimate of drug-likeness (QED) is 0.761. The van der Waals surface area contributed by atoms with Crippen LogP contribution in [0.3, 0.4) is 0 Å². The van der Waals surface area contributed by atoms with E-state index in [1.165, 1.54) is 18.4 Å². The third-order valence-corrected chi connectivity index (χ3v) is 3.33. The molecule has 2 heteroatoms. The molecule has 0 unspecified atom stereocenters. The fourth-order valence-corrected chi connectivity index (χ4v) is 2.43. The van der Waals surface area contributed by atoms with Crippen LogP contribution in [0.4, 0.5) is 4.39 Å². The van der Waals surface area contributed by atoms with E-state index in [-0.39, 0.29) is 11.4 Å². The Bertz CT molecular complexity index is 299. The Balaban J connectivity index is 2.31. The van der Waals surface area contributed by atoms with Crippen LogP contribution in [0.2, 0.25) is 0 Å². The molecule has 0 heterocycles. The molecule has 0 radical (unpaired) electrons. The summed E-state index contributed by atoms with van der Waals surface area (Å²) in [6.07, 6.45) is 4.85. The van der Waals surface area contributed by atoms with E-state index in [9.17, 15) is 4.39 Å². The minimum Gasteiger partial charge on any atom is -0.310 e. The van der Waals surface area contributed by atoms with Crippen molar-refractivity contribution in [2.24, 2.45) is 0 Å². The highest BCUT2D eigenvalue weighted by atomic mass is 19.1. The van der Waals surface area contributed by atoms with Crippen LogP contribution in [-0.2, 0) is 5.54 Å². The van der Waals surface area contributed by atoms with Gasteiger partial charge in [0.25, 0.3) is 0 Å². The van der Waals surface area contributed by atoms with Crippen LogP contribution in [-0.4, -0.2) is 7.05 Å². The van der Waals surface area contributed by atoms with Crippen molar-refractivity contribution in [2.75, 3.05) is 7.05 Å². The van der Waals surface area contributed by atoms with E-state index in [1.807, 2.05) is 19.2 Å². The molecule has 0 saturated heterocycles. The summed E-state index contributed by atoms with van der Waals surface area (Å²) in [7, 11) is 1.99. The van der Waals surface area contributed by atoms with Gasteiger partial charge in [-0.1, -0.05) is 25.0 Å².